The second-order valence-electron chi connectivity index (χ2n) is 9.64. The number of carbonyl (C=O) groups is 1. The topological polar surface area (TPSA) is 82.9 Å². The molecule has 2 saturated heterocycles. The Hall–Kier alpha value is -3.54. The lowest BCUT2D eigenvalue weighted by Crippen LogP contribution is -2.52. The van der Waals surface area contributed by atoms with Gasteiger partial charge in [-0.25, -0.2) is 18.6 Å². The second-order valence-corrected chi connectivity index (χ2v) is 9.64. The van der Waals surface area contributed by atoms with Crippen molar-refractivity contribution in [1.29, 1.82) is 0 Å². The molecule has 2 atom stereocenters. The number of anilines is 2. The quantitative estimate of drug-likeness (QED) is 0.529. The number of ether oxygens (including phenoxy) is 1. The van der Waals surface area contributed by atoms with E-state index < -0.39 is 12.2 Å². The fourth-order valence-electron chi connectivity index (χ4n) is 4.89. The summed E-state index contributed by atoms with van der Waals surface area (Å²) < 4.78 is 35.4. The Labute approximate surface area is 214 Å². The van der Waals surface area contributed by atoms with E-state index in [-0.39, 0.29) is 24.1 Å². The number of fused-ring (bicyclic) bond motifs is 1. The maximum absolute atomic E-state index is 14.1. The predicted molar refractivity (Wildman–Crippen MR) is 137 cm³/mol. The summed E-state index contributed by atoms with van der Waals surface area (Å²) in [4.78, 5) is 33.7. The van der Waals surface area contributed by atoms with E-state index >= 15 is 0 Å². The van der Waals surface area contributed by atoms with Gasteiger partial charge in [0.2, 0.25) is 5.95 Å². The van der Waals surface area contributed by atoms with E-state index in [2.05, 4.69) is 21.7 Å². The van der Waals surface area contributed by atoms with Gasteiger partial charge in [-0.05, 0) is 26.0 Å². The van der Waals surface area contributed by atoms with Gasteiger partial charge >= 0.3 is 6.03 Å². The molecule has 0 N–H and O–H groups in total. The summed E-state index contributed by atoms with van der Waals surface area (Å²) in [6.07, 6.45) is -2.81. The number of hydrogen-bond acceptors (Lipinski definition) is 7. The van der Waals surface area contributed by atoms with Crippen molar-refractivity contribution in [2.75, 3.05) is 63.2 Å². The van der Waals surface area contributed by atoms with Gasteiger partial charge in [-0.15, -0.1) is 0 Å². The van der Waals surface area contributed by atoms with E-state index in [1.54, 1.807) is 48.2 Å². The van der Waals surface area contributed by atoms with Crippen LogP contribution in [0.5, 0.6) is 0 Å². The van der Waals surface area contributed by atoms with Crippen LogP contribution in [-0.2, 0) is 4.74 Å². The standard InChI is InChI=1S/C25H32F2N8O2/c1-16-17(2)37-14-13-34(16)21-15-20(32-9-11-33(12-10-32)25(36)31(3)4)29-24(30-21)35-19-8-6-5-7-18(19)28-23(35)22(26)27/h5-8,15-17,22H,9-14H2,1-4H3/t16-,17-/m0/s1. The zero-order valence-corrected chi connectivity index (χ0v) is 21.5. The van der Waals surface area contributed by atoms with E-state index in [4.69, 9.17) is 14.7 Å². The summed E-state index contributed by atoms with van der Waals surface area (Å²) in [7, 11) is 3.47. The van der Waals surface area contributed by atoms with E-state index in [9.17, 15) is 13.6 Å². The number of para-hydroxylation sites is 2. The number of nitrogens with zero attached hydrogens (tertiary/aromatic N) is 8. The Bertz CT molecular complexity index is 1270. The van der Waals surface area contributed by atoms with Gasteiger partial charge in [0.05, 0.1) is 29.8 Å². The Kier molecular flexibility index (Phi) is 6.84. The van der Waals surface area contributed by atoms with Gasteiger partial charge in [-0.2, -0.15) is 9.97 Å². The lowest BCUT2D eigenvalue weighted by atomic mass is 10.1. The summed E-state index contributed by atoms with van der Waals surface area (Å²) in [6, 6.07) is 8.91. The van der Waals surface area contributed by atoms with Crippen LogP contribution in [0.2, 0.25) is 0 Å². The summed E-state index contributed by atoms with van der Waals surface area (Å²) in [5.41, 5.74) is 0.975. The SMILES string of the molecule is C[C@@H]1OCCN(c2cc(N3CCN(C(=O)N(C)C)CC3)nc(-n3c(C(F)F)nc4ccccc43)n2)[C@H]1C. The first-order chi connectivity index (χ1) is 17.7. The highest BCUT2D eigenvalue weighted by atomic mass is 19.3. The Morgan fingerprint density at radius 3 is 2.43 bits per heavy atom. The molecule has 3 aromatic rings. The number of urea groups is 1. The number of hydrogen-bond donors (Lipinski definition) is 0. The molecule has 0 bridgehead atoms. The second kappa shape index (κ2) is 10.1. The predicted octanol–water partition coefficient (Wildman–Crippen LogP) is 3.17. The minimum atomic E-state index is -2.80. The molecule has 198 valence electrons. The molecule has 37 heavy (non-hydrogen) atoms. The first kappa shape index (κ1) is 25.1. The zero-order chi connectivity index (χ0) is 26.3. The number of benzene rings is 1. The van der Waals surface area contributed by atoms with Crippen molar-refractivity contribution in [1.82, 2.24) is 29.3 Å². The number of rotatable bonds is 4. The van der Waals surface area contributed by atoms with E-state index in [1.165, 1.54) is 4.57 Å². The molecule has 4 heterocycles. The van der Waals surface area contributed by atoms with Crippen LogP contribution in [-0.4, -0.2) is 101 Å². The van der Waals surface area contributed by atoms with Crippen molar-refractivity contribution >= 4 is 28.7 Å². The third-order valence-corrected chi connectivity index (χ3v) is 7.10. The average molecular weight is 515 g/mol. The summed E-state index contributed by atoms with van der Waals surface area (Å²) >= 11 is 0. The number of halogens is 2. The van der Waals surface area contributed by atoms with Crippen molar-refractivity contribution in [3.8, 4) is 5.95 Å². The molecule has 2 fully saturated rings. The van der Waals surface area contributed by atoms with Crippen LogP contribution >= 0.6 is 0 Å². The molecule has 2 aliphatic heterocycles. The lowest BCUT2D eigenvalue weighted by molar-refractivity contribution is 0.0281. The molecule has 1 aromatic carbocycles. The number of morpholine rings is 1. The molecule has 5 rings (SSSR count). The monoisotopic (exact) mass is 514 g/mol. The molecule has 12 heteroatoms. The number of alkyl halides is 2. The van der Waals surface area contributed by atoms with Gasteiger partial charge in [0, 0.05) is 52.9 Å². The van der Waals surface area contributed by atoms with E-state index in [0.717, 1.165) is 0 Å². The first-order valence-electron chi connectivity index (χ1n) is 12.5. The molecule has 0 aliphatic carbocycles. The average Bonchev–Trinajstić information content (AvgIpc) is 3.30. The van der Waals surface area contributed by atoms with Gasteiger partial charge in [0.1, 0.15) is 11.6 Å². The number of aromatic nitrogens is 4. The Morgan fingerprint density at radius 2 is 1.73 bits per heavy atom. The minimum Gasteiger partial charge on any atom is -0.375 e. The zero-order valence-electron chi connectivity index (χ0n) is 21.5. The van der Waals surface area contributed by atoms with Crippen molar-refractivity contribution in [3.05, 3.63) is 36.2 Å². The van der Waals surface area contributed by atoms with Crippen LogP contribution in [0.3, 0.4) is 0 Å². The third-order valence-electron chi connectivity index (χ3n) is 7.10. The van der Waals surface area contributed by atoms with Gasteiger partial charge in [-0.3, -0.25) is 4.57 Å². The highest BCUT2D eigenvalue weighted by Gasteiger charge is 2.30. The van der Waals surface area contributed by atoms with Crippen LogP contribution in [0.4, 0.5) is 25.2 Å². The largest absolute Gasteiger partial charge is 0.375 e. The maximum Gasteiger partial charge on any atom is 0.319 e. The number of piperazine rings is 1. The number of amides is 2. The minimum absolute atomic E-state index is 0.0121. The Balaban J connectivity index is 1.59. The first-order valence-corrected chi connectivity index (χ1v) is 12.5. The molecule has 0 radical (unpaired) electrons. The highest BCUT2D eigenvalue weighted by molar-refractivity contribution is 5.78. The summed E-state index contributed by atoms with van der Waals surface area (Å²) in [6.45, 7) is 7.45. The smallest absolute Gasteiger partial charge is 0.319 e. The van der Waals surface area contributed by atoms with E-state index in [1.807, 2.05) is 13.0 Å². The lowest BCUT2D eigenvalue weighted by Gasteiger charge is -2.40. The van der Waals surface area contributed by atoms with Crippen LogP contribution in [0.25, 0.3) is 17.0 Å². The molecule has 2 aromatic heterocycles. The van der Waals surface area contributed by atoms with Crippen molar-refractivity contribution in [2.24, 2.45) is 0 Å². The van der Waals surface area contributed by atoms with Gasteiger partial charge in [0.15, 0.2) is 5.82 Å². The van der Waals surface area contributed by atoms with Gasteiger partial charge in [-0.1, -0.05) is 12.1 Å². The molecule has 2 amide bonds. The highest BCUT2D eigenvalue weighted by Crippen LogP contribution is 2.31. The van der Waals surface area contributed by atoms with Crippen molar-refractivity contribution < 1.29 is 18.3 Å². The van der Waals surface area contributed by atoms with Crippen molar-refractivity contribution in [2.45, 2.75) is 32.4 Å². The third kappa shape index (κ3) is 4.77. The maximum atomic E-state index is 14.1. The molecule has 10 nitrogen and oxygen atoms in total. The van der Waals surface area contributed by atoms with Gasteiger partial charge < -0.3 is 24.3 Å². The molecular weight excluding hydrogens is 482 g/mol. The van der Waals surface area contributed by atoms with E-state index in [0.29, 0.717) is 62.0 Å². The number of carbonyl (C=O) groups excluding carboxylic acids is 1. The fraction of sp³-hybridized carbons (Fsp3) is 0.520. The van der Waals surface area contributed by atoms with Crippen LogP contribution in [0.15, 0.2) is 30.3 Å². The molecule has 2 aliphatic rings. The number of imidazole rings is 1. The molecule has 0 spiro atoms. The van der Waals surface area contributed by atoms with Gasteiger partial charge in [0.25, 0.3) is 6.43 Å². The molecule has 0 unspecified atom stereocenters. The normalized spacial score (nSPS) is 20.7. The van der Waals surface area contributed by atoms with Crippen LogP contribution in [0, 0.1) is 0 Å². The molecule has 0 saturated carbocycles. The summed E-state index contributed by atoms with van der Waals surface area (Å²) in [5.74, 6) is 1.03. The van der Waals surface area contributed by atoms with Crippen LogP contribution < -0.4 is 9.80 Å². The molecular formula is C25H32F2N8O2. The van der Waals surface area contributed by atoms with Crippen LogP contribution in [0.1, 0.15) is 26.1 Å². The Morgan fingerprint density at radius 1 is 1.03 bits per heavy atom. The fourth-order valence-corrected chi connectivity index (χ4v) is 4.89. The van der Waals surface area contributed by atoms with Crippen molar-refractivity contribution in [3.63, 3.8) is 0 Å². The summed E-state index contributed by atoms with van der Waals surface area (Å²) in [5, 5.41) is 0.